The number of hydrogen-bond donors (Lipinski definition) is 0. The van der Waals surface area contributed by atoms with Gasteiger partial charge in [-0.05, 0) is 32.1 Å². The largest absolute Gasteiger partial charge is 0.405 e. The van der Waals surface area contributed by atoms with Gasteiger partial charge in [-0.15, -0.1) is 0 Å². The van der Waals surface area contributed by atoms with Crippen molar-refractivity contribution >= 4 is 16.2 Å². The minimum atomic E-state index is -3.86. The number of carbonyl (C=O) groups excluding carboxylic acids is 1. The zero-order valence-electron chi connectivity index (χ0n) is 15.6. The van der Waals surface area contributed by atoms with Gasteiger partial charge in [-0.1, -0.05) is 70.4 Å². The normalized spacial score (nSPS) is 17.0. The van der Waals surface area contributed by atoms with Crippen molar-refractivity contribution in [2.75, 3.05) is 0 Å². The smallest absolute Gasteiger partial charge is 0.294 e. The summed E-state index contributed by atoms with van der Waals surface area (Å²) in [4.78, 5) is 11.5. The lowest BCUT2D eigenvalue weighted by molar-refractivity contribution is -0.151. The highest BCUT2D eigenvalue weighted by molar-refractivity contribution is 7.82. The van der Waals surface area contributed by atoms with Crippen LogP contribution in [-0.2, 0) is 23.6 Å². The fourth-order valence-electron chi connectivity index (χ4n) is 2.82. The van der Waals surface area contributed by atoms with Crippen molar-refractivity contribution in [3.05, 3.63) is 12.2 Å². The van der Waals surface area contributed by atoms with Crippen molar-refractivity contribution in [3.8, 4) is 0 Å². The van der Waals surface area contributed by atoms with E-state index >= 15 is 0 Å². The van der Waals surface area contributed by atoms with Crippen LogP contribution in [0.25, 0.3) is 0 Å². The Morgan fingerprint density at radius 1 is 0.800 bits per heavy atom. The van der Waals surface area contributed by atoms with Crippen LogP contribution in [0.2, 0.25) is 0 Å². The van der Waals surface area contributed by atoms with Crippen LogP contribution in [0.4, 0.5) is 0 Å². The second kappa shape index (κ2) is 13.5. The molecule has 1 rings (SSSR count). The minimum Gasteiger partial charge on any atom is -0.294 e. The van der Waals surface area contributed by atoms with Gasteiger partial charge in [0.2, 0.25) is 0 Å². The first-order chi connectivity index (χ1) is 12.0. The molecule has 0 aliphatic carbocycles. The van der Waals surface area contributed by atoms with E-state index in [1.165, 1.54) is 57.8 Å². The Labute approximate surface area is 153 Å². The van der Waals surface area contributed by atoms with E-state index in [4.69, 9.17) is 0 Å². The van der Waals surface area contributed by atoms with E-state index < -0.39 is 16.7 Å². The molecule has 0 spiro atoms. The molecule has 146 valence electrons. The van der Waals surface area contributed by atoms with Gasteiger partial charge >= 0.3 is 10.4 Å². The average Bonchev–Trinajstić information content (AvgIpc) is 2.56. The molecule has 1 aliphatic rings. The third kappa shape index (κ3) is 11.5. The van der Waals surface area contributed by atoms with Crippen LogP contribution >= 0.6 is 0 Å². The minimum absolute atomic E-state index is 0.285. The van der Waals surface area contributed by atoms with Crippen molar-refractivity contribution < 1.29 is 21.6 Å². The van der Waals surface area contributed by atoms with Gasteiger partial charge in [-0.3, -0.25) is 4.79 Å². The highest BCUT2D eigenvalue weighted by Crippen LogP contribution is 2.21. The lowest BCUT2D eigenvalue weighted by atomic mass is 10.1. The number of unbranched alkanes of at least 4 members (excludes halogenated alkanes) is 11. The molecule has 25 heavy (non-hydrogen) atoms. The number of allylic oxidation sites excluding steroid dienone is 2. The highest BCUT2D eigenvalue weighted by Gasteiger charge is 2.40. The summed E-state index contributed by atoms with van der Waals surface area (Å²) >= 11 is 0. The van der Waals surface area contributed by atoms with Gasteiger partial charge in [-0.2, -0.15) is 8.42 Å². The molecule has 0 saturated carbocycles. The van der Waals surface area contributed by atoms with E-state index in [1.807, 2.05) is 0 Å². The quantitative estimate of drug-likeness (QED) is 0.274. The number of Topliss-reactive ketones (excluding diaryl/α,β-unsaturated/α-hetero) is 1. The molecule has 1 fully saturated rings. The van der Waals surface area contributed by atoms with Gasteiger partial charge in [0.25, 0.3) is 6.29 Å². The Bertz CT molecular complexity index is 472. The summed E-state index contributed by atoms with van der Waals surface area (Å²) in [7, 11) is -3.86. The zero-order chi connectivity index (χ0) is 18.4. The molecule has 0 unspecified atom stereocenters. The SMILES string of the molecule is CCCCCCCC/C=C/CCCCCCCC(=O)C1OS(=O)(=O)O1. The fourth-order valence-corrected chi connectivity index (χ4v) is 3.47. The van der Waals surface area contributed by atoms with Gasteiger partial charge in [0.1, 0.15) is 0 Å². The number of ketones is 1. The predicted molar refractivity (Wildman–Crippen MR) is 99.3 cm³/mol. The van der Waals surface area contributed by atoms with Crippen molar-refractivity contribution in [2.45, 2.75) is 103 Å². The Balaban J connectivity index is 1.80. The molecule has 1 aliphatic heterocycles. The summed E-state index contributed by atoms with van der Waals surface area (Å²) in [6.07, 6.45) is 19.4. The van der Waals surface area contributed by atoms with Crippen LogP contribution in [0.1, 0.15) is 96.8 Å². The van der Waals surface area contributed by atoms with Gasteiger partial charge in [0.15, 0.2) is 5.78 Å². The summed E-state index contributed by atoms with van der Waals surface area (Å²) in [5.74, 6) is -0.285. The van der Waals surface area contributed by atoms with Crippen molar-refractivity contribution in [2.24, 2.45) is 0 Å². The number of carbonyl (C=O) groups is 1. The van der Waals surface area contributed by atoms with Gasteiger partial charge < -0.3 is 0 Å². The second-order valence-electron chi connectivity index (χ2n) is 6.73. The molecule has 0 aromatic carbocycles. The highest BCUT2D eigenvalue weighted by atomic mass is 32.3. The molecule has 0 aromatic rings. The molecule has 1 heterocycles. The summed E-state index contributed by atoms with van der Waals surface area (Å²) in [6.45, 7) is 2.25. The average molecular weight is 375 g/mol. The van der Waals surface area contributed by atoms with E-state index in [1.54, 1.807) is 0 Å². The summed E-state index contributed by atoms with van der Waals surface area (Å²) in [5, 5.41) is 0. The van der Waals surface area contributed by atoms with Crippen molar-refractivity contribution in [1.29, 1.82) is 0 Å². The van der Waals surface area contributed by atoms with Crippen molar-refractivity contribution in [1.82, 2.24) is 0 Å². The molecule has 6 heteroatoms. The zero-order valence-corrected chi connectivity index (χ0v) is 16.4. The topological polar surface area (TPSA) is 69.7 Å². The van der Waals surface area contributed by atoms with E-state index in [2.05, 4.69) is 27.4 Å². The first-order valence-electron chi connectivity index (χ1n) is 9.84. The summed E-state index contributed by atoms with van der Waals surface area (Å²) < 4.78 is 29.9. The van der Waals surface area contributed by atoms with Crippen LogP contribution in [0, 0.1) is 0 Å². The van der Waals surface area contributed by atoms with Crippen LogP contribution in [0.15, 0.2) is 12.2 Å². The van der Waals surface area contributed by atoms with Gasteiger partial charge in [0.05, 0.1) is 0 Å². The third-order valence-electron chi connectivity index (χ3n) is 4.36. The maximum Gasteiger partial charge on any atom is 0.405 e. The first kappa shape index (κ1) is 22.3. The van der Waals surface area contributed by atoms with E-state index in [0.29, 0.717) is 6.42 Å². The van der Waals surface area contributed by atoms with Crippen LogP contribution < -0.4 is 0 Å². The molecular weight excluding hydrogens is 340 g/mol. The number of rotatable bonds is 16. The standard InChI is InChI=1S/C19H34O5S/c1-2-3-4-5-6-7-8-9-10-11-12-13-14-15-16-17-18(20)19-23-25(21,22)24-19/h9-10,19H,2-8,11-17H2,1H3/b10-9+. The second-order valence-corrected chi connectivity index (χ2v) is 7.93. The molecular formula is C19H34O5S. The molecule has 0 radical (unpaired) electrons. The molecule has 0 bridgehead atoms. The molecule has 0 N–H and O–H groups in total. The monoisotopic (exact) mass is 374 g/mol. The first-order valence-corrected chi connectivity index (χ1v) is 11.2. The third-order valence-corrected chi connectivity index (χ3v) is 5.18. The fraction of sp³-hybridized carbons (Fsp3) is 0.842. The van der Waals surface area contributed by atoms with Gasteiger partial charge in [-0.25, -0.2) is 8.37 Å². The Hall–Kier alpha value is -0.720. The Morgan fingerprint density at radius 3 is 1.80 bits per heavy atom. The predicted octanol–water partition coefficient (Wildman–Crippen LogP) is 5.21. The lowest BCUT2D eigenvalue weighted by Crippen LogP contribution is -2.42. The van der Waals surface area contributed by atoms with Gasteiger partial charge in [0, 0.05) is 6.42 Å². The summed E-state index contributed by atoms with van der Waals surface area (Å²) in [6, 6.07) is 0. The van der Waals surface area contributed by atoms with E-state index in [9.17, 15) is 13.2 Å². The maximum atomic E-state index is 11.5. The summed E-state index contributed by atoms with van der Waals surface area (Å²) in [5.41, 5.74) is 0. The van der Waals surface area contributed by atoms with Crippen molar-refractivity contribution in [3.63, 3.8) is 0 Å². The van der Waals surface area contributed by atoms with E-state index in [0.717, 1.165) is 25.7 Å². The lowest BCUT2D eigenvalue weighted by Gasteiger charge is -2.23. The molecule has 5 nitrogen and oxygen atoms in total. The molecule has 0 amide bonds. The van der Waals surface area contributed by atoms with Crippen LogP contribution in [-0.4, -0.2) is 20.5 Å². The molecule has 0 atom stereocenters. The van der Waals surface area contributed by atoms with E-state index in [-0.39, 0.29) is 5.78 Å². The van der Waals surface area contributed by atoms with Crippen LogP contribution in [0.3, 0.4) is 0 Å². The molecule has 0 aromatic heterocycles. The van der Waals surface area contributed by atoms with Crippen LogP contribution in [0.5, 0.6) is 0 Å². The number of hydrogen-bond acceptors (Lipinski definition) is 5. The maximum absolute atomic E-state index is 11.5. The Morgan fingerprint density at radius 2 is 1.28 bits per heavy atom. The molecule has 1 saturated heterocycles. The Kier molecular flexibility index (Phi) is 12.0.